The summed E-state index contributed by atoms with van der Waals surface area (Å²) >= 11 is 5.90. The number of carboxylic acids is 1. The number of nitrogens with one attached hydrogen (secondary N) is 2. The van der Waals surface area contributed by atoms with Gasteiger partial charge in [0.25, 0.3) is 0 Å². The van der Waals surface area contributed by atoms with Crippen molar-refractivity contribution in [3.05, 3.63) is 58.9 Å². The lowest BCUT2D eigenvalue weighted by molar-refractivity contribution is -0.136. The van der Waals surface area contributed by atoms with Crippen LogP contribution >= 0.6 is 11.6 Å². The highest BCUT2D eigenvalue weighted by Gasteiger charge is 2.07. The Labute approximate surface area is 145 Å². The van der Waals surface area contributed by atoms with E-state index in [0.717, 1.165) is 11.3 Å². The number of rotatable bonds is 9. The molecule has 24 heavy (non-hydrogen) atoms. The molecule has 0 fully saturated rings. The summed E-state index contributed by atoms with van der Waals surface area (Å²) < 4.78 is 0. The molecule has 1 aromatic heterocycles. The second kappa shape index (κ2) is 9.22. The lowest BCUT2D eigenvalue weighted by atomic mass is 10.1. The van der Waals surface area contributed by atoms with Gasteiger partial charge >= 0.3 is 5.97 Å². The number of aromatic nitrogens is 1. The predicted octanol–water partition coefficient (Wildman–Crippen LogP) is 2.10. The molecule has 0 aliphatic heterocycles. The Balaban J connectivity index is 1.66. The van der Waals surface area contributed by atoms with Crippen molar-refractivity contribution < 1.29 is 15.0 Å². The van der Waals surface area contributed by atoms with E-state index in [4.69, 9.17) is 16.7 Å². The van der Waals surface area contributed by atoms with Gasteiger partial charge in [0.15, 0.2) is 0 Å². The first-order valence-electron chi connectivity index (χ1n) is 7.59. The zero-order chi connectivity index (χ0) is 17.4. The third kappa shape index (κ3) is 6.16. The summed E-state index contributed by atoms with van der Waals surface area (Å²) in [5.41, 5.74) is 2.12. The lowest BCUT2D eigenvalue weighted by Crippen LogP contribution is -2.26. The Bertz CT molecular complexity index is 664. The maximum atomic E-state index is 10.6. The second-order valence-electron chi connectivity index (χ2n) is 5.31. The quantitative estimate of drug-likeness (QED) is 0.518. The number of hydrogen-bond acceptors (Lipinski definition) is 5. The molecule has 6 nitrogen and oxygen atoms in total. The number of aliphatic hydroxyl groups is 1. The van der Waals surface area contributed by atoms with Gasteiger partial charge in [-0.05, 0) is 29.8 Å². The Morgan fingerprint density at radius 2 is 2.08 bits per heavy atom. The van der Waals surface area contributed by atoms with Gasteiger partial charge in [-0.3, -0.25) is 9.78 Å². The summed E-state index contributed by atoms with van der Waals surface area (Å²) in [5.74, 6) is -0.898. The van der Waals surface area contributed by atoms with Crippen molar-refractivity contribution in [2.45, 2.75) is 12.5 Å². The molecule has 4 N–H and O–H groups in total. The number of benzene rings is 1. The maximum Gasteiger partial charge on any atom is 0.309 e. The first-order chi connectivity index (χ1) is 11.5. The average molecular weight is 350 g/mol. The van der Waals surface area contributed by atoms with Crippen molar-refractivity contribution in [2.75, 3.05) is 25.0 Å². The third-order valence-corrected chi connectivity index (χ3v) is 3.59. The number of hydrogen-bond donors (Lipinski definition) is 4. The molecular weight excluding hydrogens is 330 g/mol. The molecule has 1 heterocycles. The zero-order valence-electron chi connectivity index (χ0n) is 13.1. The van der Waals surface area contributed by atoms with Crippen molar-refractivity contribution in [1.29, 1.82) is 0 Å². The first kappa shape index (κ1) is 18.2. The van der Waals surface area contributed by atoms with Crippen LogP contribution in [0.3, 0.4) is 0 Å². The van der Waals surface area contributed by atoms with Crippen LogP contribution in [0.2, 0.25) is 5.02 Å². The van der Waals surface area contributed by atoms with Crippen LogP contribution in [0.4, 0.5) is 5.69 Å². The maximum absolute atomic E-state index is 10.6. The molecule has 0 aliphatic carbocycles. The molecule has 1 atom stereocenters. The highest BCUT2D eigenvalue weighted by molar-refractivity contribution is 6.30. The minimum Gasteiger partial charge on any atom is -0.481 e. The van der Waals surface area contributed by atoms with Gasteiger partial charge in [-0.1, -0.05) is 23.7 Å². The number of carbonyl (C=O) groups is 1. The minimum absolute atomic E-state index is 0.0801. The van der Waals surface area contributed by atoms with E-state index in [1.165, 1.54) is 0 Å². The van der Waals surface area contributed by atoms with Gasteiger partial charge in [0.05, 0.1) is 30.1 Å². The summed E-state index contributed by atoms with van der Waals surface area (Å²) in [4.78, 5) is 14.7. The van der Waals surface area contributed by atoms with Crippen molar-refractivity contribution >= 4 is 23.3 Å². The van der Waals surface area contributed by atoms with Crippen LogP contribution in [0.5, 0.6) is 0 Å². The van der Waals surface area contributed by atoms with Crippen LogP contribution in [0.25, 0.3) is 0 Å². The first-order valence-corrected chi connectivity index (χ1v) is 7.97. The van der Waals surface area contributed by atoms with Crippen LogP contribution in [0.15, 0.2) is 42.6 Å². The van der Waals surface area contributed by atoms with Crippen molar-refractivity contribution in [3.63, 3.8) is 0 Å². The van der Waals surface area contributed by atoms with E-state index in [-0.39, 0.29) is 6.42 Å². The van der Waals surface area contributed by atoms with E-state index < -0.39 is 12.1 Å². The summed E-state index contributed by atoms with van der Waals surface area (Å²) in [6.07, 6.45) is 0.920. The van der Waals surface area contributed by atoms with Crippen molar-refractivity contribution in [2.24, 2.45) is 0 Å². The standard InChI is InChI=1S/C17H20ClN3O3/c18-13-3-1-2-12(8-13)16(22)11-19-6-7-20-15-5-4-14(21-10-15)9-17(23)24/h1-5,8,10,16,19-20,22H,6-7,9,11H2,(H,23,24). The molecule has 0 saturated carbocycles. The molecule has 2 aromatic rings. The molecule has 0 spiro atoms. The van der Waals surface area contributed by atoms with Crippen LogP contribution < -0.4 is 10.6 Å². The highest BCUT2D eigenvalue weighted by Crippen LogP contribution is 2.16. The van der Waals surface area contributed by atoms with Crippen molar-refractivity contribution in [3.8, 4) is 0 Å². The molecule has 2 rings (SSSR count). The fourth-order valence-electron chi connectivity index (χ4n) is 2.15. The number of pyridine rings is 1. The van der Waals surface area contributed by atoms with Gasteiger partial charge in [0, 0.05) is 24.7 Å². The van der Waals surface area contributed by atoms with E-state index in [2.05, 4.69) is 15.6 Å². The highest BCUT2D eigenvalue weighted by atomic mass is 35.5. The monoisotopic (exact) mass is 349 g/mol. The summed E-state index contributed by atoms with van der Waals surface area (Å²) in [6, 6.07) is 10.6. The van der Waals surface area contributed by atoms with Crippen LogP contribution in [0.1, 0.15) is 17.4 Å². The lowest BCUT2D eigenvalue weighted by Gasteiger charge is -2.13. The molecule has 0 saturated heterocycles. The summed E-state index contributed by atoms with van der Waals surface area (Å²) in [6.45, 7) is 1.74. The van der Waals surface area contributed by atoms with E-state index in [1.807, 2.05) is 12.1 Å². The molecule has 1 aromatic carbocycles. The number of anilines is 1. The van der Waals surface area contributed by atoms with Gasteiger partial charge in [0.1, 0.15) is 0 Å². The smallest absolute Gasteiger partial charge is 0.309 e. The number of nitrogens with zero attached hydrogens (tertiary/aromatic N) is 1. The topological polar surface area (TPSA) is 94.5 Å². The molecular formula is C17H20ClN3O3. The number of aliphatic carboxylic acids is 1. The van der Waals surface area contributed by atoms with E-state index in [9.17, 15) is 9.90 Å². The molecule has 0 radical (unpaired) electrons. The Morgan fingerprint density at radius 3 is 2.75 bits per heavy atom. The molecule has 128 valence electrons. The Kier molecular flexibility index (Phi) is 6.99. The molecule has 1 unspecified atom stereocenters. The van der Waals surface area contributed by atoms with Crippen molar-refractivity contribution in [1.82, 2.24) is 10.3 Å². The fraction of sp³-hybridized carbons (Fsp3) is 0.294. The third-order valence-electron chi connectivity index (χ3n) is 3.36. The van der Waals surface area contributed by atoms with Gasteiger partial charge < -0.3 is 20.8 Å². The van der Waals surface area contributed by atoms with Crippen LogP contribution in [-0.4, -0.2) is 40.8 Å². The number of aliphatic hydroxyl groups excluding tert-OH is 1. The zero-order valence-corrected chi connectivity index (χ0v) is 13.8. The normalized spacial score (nSPS) is 11.9. The van der Waals surface area contributed by atoms with E-state index in [0.29, 0.717) is 30.4 Å². The SMILES string of the molecule is O=C(O)Cc1ccc(NCCNCC(O)c2cccc(Cl)c2)cn1. The van der Waals surface area contributed by atoms with E-state index >= 15 is 0 Å². The number of carboxylic acid groups (broad SMARTS) is 1. The van der Waals surface area contributed by atoms with Gasteiger partial charge in [-0.25, -0.2) is 0 Å². The molecule has 0 amide bonds. The van der Waals surface area contributed by atoms with Crippen LogP contribution in [-0.2, 0) is 11.2 Å². The summed E-state index contributed by atoms with van der Waals surface area (Å²) in [5, 5.41) is 25.7. The molecule has 7 heteroatoms. The Hall–Kier alpha value is -2.15. The van der Waals surface area contributed by atoms with Gasteiger partial charge in [0.2, 0.25) is 0 Å². The van der Waals surface area contributed by atoms with Gasteiger partial charge in [-0.2, -0.15) is 0 Å². The fourth-order valence-corrected chi connectivity index (χ4v) is 2.35. The predicted molar refractivity (Wildman–Crippen MR) is 93.3 cm³/mol. The second-order valence-corrected chi connectivity index (χ2v) is 5.75. The average Bonchev–Trinajstić information content (AvgIpc) is 2.55. The number of halogens is 1. The Morgan fingerprint density at radius 1 is 1.25 bits per heavy atom. The minimum atomic E-state index is -0.898. The molecule has 0 bridgehead atoms. The summed E-state index contributed by atoms with van der Waals surface area (Å²) in [7, 11) is 0. The van der Waals surface area contributed by atoms with Crippen LogP contribution in [0, 0.1) is 0 Å². The largest absolute Gasteiger partial charge is 0.481 e. The van der Waals surface area contributed by atoms with E-state index in [1.54, 1.807) is 30.5 Å². The molecule has 0 aliphatic rings. The van der Waals surface area contributed by atoms with Gasteiger partial charge in [-0.15, -0.1) is 0 Å².